The maximum atomic E-state index is 12.9. The minimum Gasteiger partial charge on any atom is -0.291 e. The molecule has 0 atom stereocenters. The summed E-state index contributed by atoms with van der Waals surface area (Å²) in [4.78, 5) is 30.0. The third-order valence-corrected chi connectivity index (χ3v) is 5.76. The van der Waals surface area contributed by atoms with E-state index in [4.69, 9.17) is 0 Å². The molecular weight excluding hydrogens is 342 g/mol. The number of fused-ring (bicyclic) bond motifs is 2. The second-order valence-electron chi connectivity index (χ2n) is 5.75. The van der Waals surface area contributed by atoms with Gasteiger partial charge in [-0.25, -0.2) is 0 Å². The molecular formula is C18H11NO5S. The predicted molar refractivity (Wildman–Crippen MR) is 90.1 cm³/mol. The van der Waals surface area contributed by atoms with Gasteiger partial charge in [-0.1, -0.05) is 48.5 Å². The molecule has 1 heterocycles. The van der Waals surface area contributed by atoms with Crippen LogP contribution in [0, 0.1) is 0 Å². The topological polar surface area (TPSA) is 101 Å². The summed E-state index contributed by atoms with van der Waals surface area (Å²) in [5.41, 5.74) is 0.0275. The fraction of sp³-hybridized carbons (Fsp3) is 0.0556. The number of hydrogen-bond acceptors (Lipinski definition) is 5. The molecule has 25 heavy (non-hydrogen) atoms. The average molecular weight is 353 g/mol. The van der Waals surface area contributed by atoms with Crippen molar-refractivity contribution in [2.75, 3.05) is 0 Å². The maximum absolute atomic E-state index is 12.9. The van der Waals surface area contributed by atoms with Crippen LogP contribution in [0.15, 0.2) is 60.7 Å². The van der Waals surface area contributed by atoms with Crippen LogP contribution in [0.2, 0.25) is 0 Å². The molecule has 0 unspecified atom stereocenters. The number of hydrogen-bond donors (Lipinski definition) is 1. The van der Waals surface area contributed by atoms with Crippen LogP contribution in [0.1, 0.15) is 26.4 Å². The number of pyridine rings is 1. The number of rotatable bonds is 2. The number of aromatic nitrogens is 1. The zero-order chi connectivity index (χ0) is 17.8. The first-order chi connectivity index (χ1) is 11.9. The first-order valence-electron chi connectivity index (χ1n) is 7.39. The molecule has 0 spiro atoms. The molecule has 0 amide bonds. The Hall–Kier alpha value is -2.90. The first kappa shape index (κ1) is 15.6. The Bertz CT molecular complexity index is 1130. The van der Waals surface area contributed by atoms with Crippen LogP contribution in [0.5, 0.6) is 0 Å². The van der Waals surface area contributed by atoms with E-state index in [0.717, 1.165) is 0 Å². The largest absolute Gasteiger partial charge is 0.291 e. The number of nitrogens with zero attached hydrogens (tertiary/aromatic N) is 1. The van der Waals surface area contributed by atoms with Gasteiger partial charge in [0.1, 0.15) is 0 Å². The highest BCUT2D eigenvalue weighted by Gasteiger charge is 2.64. The van der Waals surface area contributed by atoms with Crippen molar-refractivity contribution in [3.8, 4) is 0 Å². The Kier molecular flexibility index (Phi) is 3.15. The lowest BCUT2D eigenvalue weighted by atomic mass is 9.97. The van der Waals surface area contributed by atoms with Crippen LogP contribution in [0.3, 0.4) is 0 Å². The molecule has 1 aliphatic rings. The second kappa shape index (κ2) is 5.05. The van der Waals surface area contributed by atoms with Gasteiger partial charge in [0.25, 0.3) is 14.9 Å². The zero-order valence-electron chi connectivity index (χ0n) is 12.7. The lowest BCUT2D eigenvalue weighted by Gasteiger charge is -2.22. The molecule has 0 saturated carbocycles. The van der Waals surface area contributed by atoms with Crippen LogP contribution >= 0.6 is 0 Å². The van der Waals surface area contributed by atoms with E-state index in [9.17, 15) is 22.6 Å². The number of carbonyl (C=O) groups excluding carboxylic acids is 2. The van der Waals surface area contributed by atoms with E-state index in [1.165, 1.54) is 30.3 Å². The Morgan fingerprint density at radius 2 is 1.36 bits per heavy atom. The lowest BCUT2D eigenvalue weighted by Crippen LogP contribution is -2.46. The van der Waals surface area contributed by atoms with E-state index in [0.29, 0.717) is 10.9 Å². The van der Waals surface area contributed by atoms with Gasteiger partial charge in [0.05, 0.1) is 11.2 Å². The molecule has 1 aromatic heterocycles. The van der Waals surface area contributed by atoms with E-state index in [1.54, 1.807) is 30.3 Å². The van der Waals surface area contributed by atoms with Crippen molar-refractivity contribution in [2.45, 2.75) is 4.75 Å². The quantitative estimate of drug-likeness (QED) is 0.561. The van der Waals surface area contributed by atoms with Crippen molar-refractivity contribution in [1.29, 1.82) is 0 Å². The molecule has 2 aromatic carbocycles. The van der Waals surface area contributed by atoms with Gasteiger partial charge in [-0.15, -0.1) is 0 Å². The second-order valence-corrected chi connectivity index (χ2v) is 7.31. The van der Waals surface area contributed by atoms with Gasteiger partial charge >= 0.3 is 0 Å². The molecule has 3 aromatic rings. The minimum absolute atomic E-state index is 0.0416. The van der Waals surface area contributed by atoms with Crippen molar-refractivity contribution in [3.05, 3.63) is 77.5 Å². The molecule has 7 heteroatoms. The Morgan fingerprint density at radius 3 is 1.96 bits per heavy atom. The molecule has 1 N–H and O–H groups in total. The molecule has 0 aliphatic heterocycles. The molecule has 0 fully saturated rings. The molecule has 4 rings (SSSR count). The van der Waals surface area contributed by atoms with E-state index >= 15 is 0 Å². The number of benzene rings is 2. The Morgan fingerprint density at radius 1 is 0.800 bits per heavy atom. The molecule has 0 radical (unpaired) electrons. The van der Waals surface area contributed by atoms with Gasteiger partial charge in [0, 0.05) is 16.5 Å². The lowest BCUT2D eigenvalue weighted by molar-refractivity contribution is 0.0852. The van der Waals surface area contributed by atoms with E-state index < -0.39 is 26.4 Å². The van der Waals surface area contributed by atoms with E-state index in [1.807, 2.05) is 0 Å². The minimum atomic E-state index is -5.11. The van der Waals surface area contributed by atoms with Crippen LogP contribution in [-0.2, 0) is 14.9 Å². The number of para-hydroxylation sites is 1. The Balaban J connectivity index is 2.09. The third-order valence-electron chi connectivity index (χ3n) is 4.40. The number of Topliss-reactive ketones (excluding diaryl/α,β-unsaturated/α-hetero) is 2. The van der Waals surface area contributed by atoms with Gasteiger partial charge < -0.3 is 0 Å². The van der Waals surface area contributed by atoms with Crippen molar-refractivity contribution in [1.82, 2.24) is 4.98 Å². The van der Waals surface area contributed by atoms with Crippen molar-refractivity contribution < 1.29 is 22.6 Å². The van der Waals surface area contributed by atoms with Crippen LogP contribution in [0.25, 0.3) is 10.9 Å². The van der Waals surface area contributed by atoms with Crippen LogP contribution in [-0.4, -0.2) is 29.5 Å². The first-order valence-corrected chi connectivity index (χ1v) is 8.83. The summed E-state index contributed by atoms with van der Waals surface area (Å²) < 4.78 is 31.6. The fourth-order valence-electron chi connectivity index (χ4n) is 3.22. The summed E-state index contributed by atoms with van der Waals surface area (Å²) in [6.07, 6.45) is 0. The van der Waals surface area contributed by atoms with Crippen molar-refractivity contribution >= 4 is 32.6 Å². The summed E-state index contributed by atoms with van der Waals surface area (Å²) in [5, 5.41) is 0.715. The highest BCUT2D eigenvalue weighted by molar-refractivity contribution is 7.88. The SMILES string of the molecule is O=C1c2ccccc2C(=O)C1(c1ccc2ccccc2n1)S(=O)(=O)O. The standard InChI is InChI=1S/C18H11NO5S/c20-16-12-6-2-3-7-13(12)17(21)18(16,25(22,23)24)15-10-9-11-5-1-4-8-14(11)19-15/h1-10H,(H,22,23,24). The monoisotopic (exact) mass is 353 g/mol. The van der Waals surface area contributed by atoms with Crippen molar-refractivity contribution in [2.24, 2.45) is 0 Å². The smallest absolute Gasteiger partial charge is 0.291 e. The normalized spacial score (nSPS) is 16.2. The molecule has 0 saturated heterocycles. The highest BCUT2D eigenvalue weighted by Crippen LogP contribution is 2.43. The Labute approximate surface area is 142 Å². The van der Waals surface area contributed by atoms with Gasteiger partial charge in [-0.3, -0.25) is 19.1 Å². The van der Waals surface area contributed by atoms with Gasteiger partial charge in [-0.05, 0) is 12.1 Å². The summed E-state index contributed by atoms with van der Waals surface area (Å²) in [6.45, 7) is 0. The summed E-state index contributed by atoms with van der Waals surface area (Å²) in [5.74, 6) is -1.98. The molecule has 124 valence electrons. The van der Waals surface area contributed by atoms with E-state index in [-0.39, 0.29) is 16.8 Å². The van der Waals surface area contributed by atoms with Crippen LogP contribution in [0.4, 0.5) is 0 Å². The maximum Gasteiger partial charge on any atom is 0.291 e. The zero-order valence-corrected chi connectivity index (χ0v) is 13.5. The summed E-state index contributed by atoms with van der Waals surface area (Å²) in [7, 11) is -5.11. The van der Waals surface area contributed by atoms with Crippen LogP contribution < -0.4 is 0 Å². The third kappa shape index (κ3) is 1.93. The fourth-order valence-corrected chi connectivity index (χ4v) is 4.29. The van der Waals surface area contributed by atoms with Crippen molar-refractivity contribution in [3.63, 3.8) is 0 Å². The predicted octanol–water partition coefficient (Wildman–Crippen LogP) is 2.40. The highest BCUT2D eigenvalue weighted by atomic mass is 32.2. The molecule has 0 bridgehead atoms. The number of ketones is 2. The van der Waals surface area contributed by atoms with E-state index in [2.05, 4.69) is 4.98 Å². The summed E-state index contributed by atoms with van der Waals surface area (Å²) >= 11 is 0. The van der Waals surface area contributed by atoms with Gasteiger partial charge in [0.15, 0.2) is 0 Å². The van der Waals surface area contributed by atoms with Gasteiger partial charge in [0.2, 0.25) is 11.6 Å². The summed E-state index contributed by atoms with van der Waals surface area (Å²) in [6, 6.07) is 15.5. The van der Waals surface area contributed by atoms with Gasteiger partial charge in [-0.2, -0.15) is 8.42 Å². The molecule has 1 aliphatic carbocycles. The number of carbonyl (C=O) groups is 2. The molecule has 6 nitrogen and oxygen atoms in total. The average Bonchev–Trinajstić information content (AvgIpc) is 2.83.